The number of benzene rings is 1. The summed E-state index contributed by atoms with van der Waals surface area (Å²) in [6.07, 6.45) is 5.33. The first-order chi connectivity index (χ1) is 15.0. The standard InChI is InChI=1S/C18H20N4O.C4H4O4/c1-2-8-16-15(7-1)18(23-13-14-6-5-10-19-12-14)21-22(16)17-9-3-4-11-20-17;5-3(6)1-2-4(7)8/h1-4,7-9,11,14,19H,5-6,10,12-13H2;1-2H,(H,5,6)(H,7,8)/t14-;/m0./s1. The quantitative estimate of drug-likeness (QED) is 0.515. The fourth-order valence-electron chi connectivity index (χ4n) is 3.20. The molecule has 2 aromatic heterocycles. The molecule has 1 atom stereocenters. The summed E-state index contributed by atoms with van der Waals surface area (Å²) in [4.78, 5) is 23.5. The van der Waals surface area contributed by atoms with Gasteiger partial charge in [-0.2, -0.15) is 0 Å². The SMILES string of the molecule is O=C(O)C=CC(=O)O.c1ccc(-n2nc(OC[C@H]3CCCNC3)c3ccccc32)nc1. The Morgan fingerprint density at radius 1 is 1.13 bits per heavy atom. The van der Waals surface area contributed by atoms with Crippen LogP contribution in [0.5, 0.6) is 5.88 Å². The topological polar surface area (TPSA) is 127 Å². The van der Waals surface area contributed by atoms with Gasteiger partial charge in [0.15, 0.2) is 5.82 Å². The number of carboxylic acid groups (broad SMARTS) is 2. The average molecular weight is 424 g/mol. The van der Waals surface area contributed by atoms with E-state index in [1.807, 2.05) is 41.1 Å². The molecule has 0 saturated carbocycles. The maximum absolute atomic E-state index is 9.55. The molecule has 4 rings (SSSR count). The number of para-hydroxylation sites is 1. The molecule has 162 valence electrons. The predicted octanol–water partition coefficient (Wildman–Crippen LogP) is 2.51. The molecule has 3 heterocycles. The van der Waals surface area contributed by atoms with Gasteiger partial charge in [0, 0.05) is 30.8 Å². The van der Waals surface area contributed by atoms with E-state index >= 15 is 0 Å². The third-order valence-corrected chi connectivity index (χ3v) is 4.64. The lowest BCUT2D eigenvalue weighted by Gasteiger charge is -2.22. The Balaban J connectivity index is 0.000000293. The van der Waals surface area contributed by atoms with Gasteiger partial charge < -0.3 is 20.3 Å². The zero-order valence-corrected chi connectivity index (χ0v) is 16.8. The number of carbonyl (C=O) groups is 2. The Bertz CT molecular complexity index is 1030. The van der Waals surface area contributed by atoms with E-state index in [0.717, 1.165) is 29.8 Å². The van der Waals surface area contributed by atoms with Gasteiger partial charge in [-0.3, -0.25) is 0 Å². The van der Waals surface area contributed by atoms with Crippen LogP contribution in [0, 0.1) is 5.92 Å². The number of rotatable bonds is 6. The average Bonchev–Trinajstić information content (AvgIpc) is 3.17. The summed E-state index contributed by atoms with van der Waals surface area (Å²) in [5.74, 6) is -0.461. The normalized spacial score (nSPS) is 15.9. The number of nitrogens with one attached hydrogen (secondary N) is 1. The van der Waals surface area contributed by atoms with Crippen LogP contribution in [-0.4, -0.2) is 56.6 Å². The lowest BCUT2D eigenvalue weighted by Crippen LogP contribution is -2.33. The van der Waals surface area contributed by atoms with Crippen molar-refractivity contribution < 1.29 is 24.5 Å². The molecule has 0 bridgehead atoms. The number of hydrogen-bond donors (Lipinski definition) is 3. The van der Waals surface area contributed by atoms with Crippen LogP contribution in [0.4, 0.5) is 0 Å². The number of aliphatic carboxylic acids is 2. The second-order valence-electron chi connectivity index (χ2n) is 6.96. The Morgan fingerprint density at radius 3 is 2.52 bits per heavy atom. The van der Waals surface area contributed by atoms with Crippen molar-refractivity contribution in [3.05, 3.63) is 60.8 Å². The summed E-state index contributed by atoms with van der Waals surface area (Å²) >= 11 is 0. The minimum absolute atomic E-state index is 0.558. The van der Waals surface area contributed by atoms with E-state index in [-0.39, 0.29) is 0 Å². The van der Waals surface area contributed by atoms with Gasteiger partial charge in [-0.25, -0.2) is 19.3 Å². The molecule has 31 heavy (non-hydrogen) atoms. The second kappa shape index (κ2) is 10.9. The van der Waals surface area contributed by atoms with Crippen LogP contribution >= 0.6 is 0 Å². The van der Waals surface area contributed by atoms with Gasteiger partial charge in [0.05, 0.1) is 17.5 Å². The Morgan fingerprint density at radius 2 is 1.87 bits per heavy atom. The molecule has 3 N–H and O–H groups in total. The molecule has 0 unspecified atom stereocenters. The third kappa shape index (κ3) is 6.38. The fourth-order valence-corrected chi connectivity index (χ4v) is 3.20. The molecule has 3 aromatic rings. The van der Waals surface area contributed by atoms with Gasteiger partial charge in [-0.1, -0.05) is 18.2 Å². The minimum Gasteiger partial charge on any atom is -0.478 e. The highest BCUT2D eigenvalue weighted by atomic mass is 16.5. The monoisotopic (exact) mass is 424 g/mol. The van der Waals surface area contributed by atoms with Crippen molar-refractivity contribution in [3.63, 3.8) is 0 Å². The van der Waals surface area contributed by atoms with E-state index in [0.29, 0.717) is 30.6 Å². The molecule has 1 saturated heterocycles. The summed E-state index contributed by atoms with van der Waals surface area (Å²) < 4.78 is 7.91. The van der Waals surface area contributed by atoms with Gasteiger partial charge in [-0.05, 0) is 43.7 Å². The number of nitrogens with zero attached hydrogens (tertiary/aromatic N) is 3. The van der Waals surface area contributed by atoms with Crippen molar-refractivity contribution >= 4 is 22.8 Å². The van der Waals surface area contributed by atoms with Crippen molar-refractivity contribution in [2.45, 2.75) is 12.8 Å². The van der Waals surface area contributed by atoms with Crippen molar-refractivity contribution in [1.29, 1.82) is 0 Å². The highest BCUT2D eigenvalue weighted by molar-refractivity contribution is 5.89. The third-order valence-electron chi connectivity index (χ3n) is 4.64. The Hall–Kier alpha value is -3.72. The van der Waals surface area contributed by atoms with E-state index in [2.05, 4.69) is 21.5 Å². The number of fused-ring (bicyclic) bond motifs is 1. The van der Waals surface area contributed by atoms with Gasteiger partial charge in [0.2, 0.25) is 5.88 Å². The summed E-state index contributed by atoms with van der Waals surface area (Å²) in [5, 5.41) is 24.7. The van der Waals surface area contributed by atoms with Gasteiger partial charge in [0.1, 0.15) is 0 Å². The molecule has 9 heteroatoms. The minimum atomic E-state index is -1.26. The van der Waals surface area contributed by atoms with Crippen molar-refractivity contribution in [1.82, 2.24) is 20.1 Å². The van der Waals surface area contributed by atoms with E-state index < -0.39 is 11.9 Å². The van der Waals surface area contributed by atoms with Crippen molar-refractivity contribution in [2.24, 2.45) is 5.92 Å². The van der Waals surface area contributed by atoms with Crippen LogP contribution in [0.2, 0.25) is 0 Å². The number of hydrogen-bond acceptors (Lipinski definition) is 6. The van der Waals surface area contributed by atoms with Crippen LogP contribution in [-0.2, 0) is 9.59 Å². The number of carboxylic acids is 2. The van der Waals surface area contributed by atoms with E-state index in [4.69, 9.17) is 14.9 Å². The molecule has 1 aliphatic heterocycles. The molecule has 0 spiro atoms. The lowest BCUT2D eigenvalue weighted by molar-refractivity contribution is -0.134. The fraction of sp³-hybridized carbons (Fsp3) is 0.273. The zero-order valence-electron chi connectivity index (χ0n) is 16.8. The summed E-state index contributed by atoms with van der Waals surface area (Å²) in [7, 11) is 0. The second-order valence-corrected chi connectivity index (χ2v) is 6.96. The molecule has 0 aliphatic carbocycles. The smallest absolute Gasteiger partial charge is 0.328 e. The largest absolute Gasteiger partial charge is 0.478 e. The van der Waals surface area contributed by atoms with E-state index in [1.165, 1.54) is 12.8 Å². The molecular formula is C22H24N4O5. The number of pyridine rings is 1. The Labute approximate surface area is 179 Å². The van der Waals surface area contributed by atoms with Gasteiger partial charge >= 0.3 is 11.9 Å². The summed E-state index contributed by atoms with van der Waals surface area (Å²) in [6.45, 7) is 2.85. The Kier molecular flexibility index (Phi) is 7.72. The lowest BCUT2D eigenvalue weighted by atomic mass is 10.0. The zero-order chi connectivity index (χ0) is 22.1. The first-order valence-electron chi connectivity index (χ1n) is 9.91. The molecule has 1 aliphatic rings. The molecule has 9 nitrogen and oxygen atoms in total. The summed E-state index contributed by atoms with van der Waals surface area (Å²) in [6, 6.07) is 14.0. The molecule has 0 radical (unpaired) electrons. The molecule has 0 amide bonds. The van der Waals surface area contributed by atoms with E-state index in [9.17, 15) is 9.59 Å². The molecule has 1 fully saturated rings. The van der Waals surface area contributed by atoms with Crippen LogP contribution in [0.3, 0.4) is 0 Å². The predicted molar refractivity (Wildman–Crippen MR) is 114 cm³/mol. The van der Waals surface area contributed by atoms with Gasteiger partial charge in [-0.15, -0.1) is 5.10 Å². The van der Waals surface area contributed by atoms with Crippen molar-refractivity contribution in [3.8, 4) is 11.7 Å². The first-order valence-corrected chi connectivity index (χ1v) is 9.91. The highest BCUT2D eigenvalue weighted by Gasteiger charge is 2.17. The molecule has 1 aromatic carbocycles. The highest BCUT2D eigenvalue weighted by Crippen LogP contribution is 2.27. The summed E-state index contributed by atoms with van der Waals surface area (Å²) in [5.41, 5.74) is 1.02. The first kappa shape index (κ1) is 22.0. The van der Waals surface area contributed by atoms with Crippen LogP contribution < -0.4 is 10.1 Å². The van der Waals surface area contributed by atoms with Crippen LogP contribution in [0.15, 0.2) is 60.8 Å². The van der Waals surface area contributed by atoms with Crippen LogP contribution in [0.25, 0.3) is 16.7 Å². The number of piperidine rings is 1. The maximum atomic E-state index is 9.55. The van der Waals surface area contributed by atoms with Crippen LogP contribution in [0.1, 0.15) is 12.8 Å². The number of aromatic nitrogens is 3. The maximum Gasteiger partial charge on any atom is 0.328 e. The van der Waals surface area contributed by atoms with Crippen molar-refractivity contribution in [2.75, 3.05) is 19.7 Å². The number of ether oxygens (including phenoxy) is 1. The van der Waals surface area contributed by atoms with E-state index in [1.54, 1.807) is 6.20 Å². The molecular weight excluding hydrogens is 400 g/mol. The van der Waals surface area contributed by atoms with Gasteiger partial charge in [0.25, 0.3) is 0 Å².